The van der Waals surface area contributed by atoms with Gasteiger partial charge in [-0.3, -0.25) is 9.78 Å². The smallest absolute Gasteiger partial charge is 0.271 e. The second-order valence-electron chi connectivity index (χ2n) is 3.67. The molecule has 1 heterocycles. The average Bonchev–Trinajstić information content (AvgIpc) is 2.41. The Labute approximate surface area is 107 Å². The van der Waals surface area contributed by atoms with E-state index in [-0.39, 0.29) is 5.91 Å². The molecule has 1 aromatic heterocycles. The van der Waals surface area contributed by atoms with E-state index < -0.39 is 0 Å². The fraction of sp³-hybridized carbons (Fsp3) is 0.583. The Kier molecular flexibility index (Phi) is 6.71. The topological polar surface area (TPSA) is 76.1 Å². The van der Waals surface area contributed by atoms with E-state index >= 15 is 0 Å². The number of hydrogen-bond donors (Lipinski definition) is 2. The number of anilines is 1. The van der Waals surface area contributed by atoms with Crippen molar-refractivity contribution in [1.29, 1.82) is 0 Å². The van der Waals surface area contributed by atoms with Crippen molar-refractivity contribution in [3.8, 4) is 0 Å². The fourth-order valence-corrected chi connectivity index (χ4v) is 1.29. The highest BCUT2D eigenvalue weighted by Crippen LogP contribution is 2.02. The van der Waals surface area contributed by atoms with Crippen LogP contribution in [-0.4, -0.2) is 42.2 Å². The molecule has 0 unspecified atom stereocenters. The maximum atomic E-state index is 11.7. The summed E-state index contributed by atoms with van der Waals surface area (Å²) in [6.07, 6.45) is 4.05. The summed E-state index contributed by atoms with van der Waals surface area (Å²) in [6, 6.07) is 0. The molecule has 0 saturated carbocycles. The van der Waals surface area contributed by atoms with Gasteiger partial charge in [-0.25, -0.2) is 4.98 Å². The Hall–Kier alpha value is -1.69. The first-order chi connectivity index (χ1) is 8.77. The van der Waals surface area contributed by atoms with E-state index in [0.717, 1.165) is 13.0 Å². The molecule has 1 rings (SSSR count). The Balaban J connectivity index is 2.46. The van der Waals surface area contributed by atoms with E-state index in [0.29, 0.717) is 31.3 Å². The van der Waals surface area contributed by atoms with Crippen molar-refractivity contribution in [2.24, 2.45) is 0 Å². The quantitative estimate of drug-likeness (QED) is 0.677. The van der Waals surface area contributed by atoms with E-state index in [2.05, 4.69) is 27.5 Å². The molecule has 0 fully saturated rings. The standard InChI is InChI=1S/C12H20N4O2/c1-3-5-14-11-9-13-8-10(16-11)12(17)15-6-7-18-4-2/h8-9H,3-7H2,1-2H3,(H,14,16)(H,15,17). The van der Waals surface area contributed by atoms with Crippen LogP contribution in [-0.2, 0) is 4.74 Å². The van der Waals surface area contributed by atoms with Crippen molar-refractivity contribution in [2.75, 3.05) is 31.6 Å². The van der Waals surface area contributed by atoms with Gasteiger partial charge in [0.2, 0.25) is 0 Å². The van der Waals surface area contributed by atoms with Gasteiger partial charge in [0.1, 0.15) is 11.5 Å². The summed E-state index contributed by atoms with van der Waals surface area (Å²) in [5.74, 6) is 0.386. The molecular weight excluding hydrogens is 232 g/mol. The third-order valence-corrected chi connectivity index (χ3v) is 2.16. The molecule has 0 aliphatic rings. The number of carbonyl (C=O) groups is 1. The van der Waals surface area contributed by atoms with Crippen LogP contribution in [0.5, 0.6) is 0 Å². The van der Waals surface area contributed by atoms with Crippen LogP contribution in [0.4, 0.5) is 5.82 Å². The van der Waals surface area contributed by atoms with Gasteiger partial charge in [0, 0.05) is 19.7 Å². The number of ether oxygens (including phenoxy) is 1. The number of amides is 1. The summed E-state index contributed by atoms with van der Waals surface area (Å²) < 4.78 is 5.13. The minimum atomic E-state index is -0.234. The molecule has 6 heteroatoms. The van der Waals surface area contributed by atoms with E-state index in [4.69, 9.17) is 4.74 Å². The minimum Gasteiger partial charge on any atom is -0.380 e. The molecular formula is C12H20N4O2. The van der Waals surface area contributed by atoms with Crippen LogP contribution in [0.25, 0.3) is 0 Å². The summed E-state index contributed by atoms with van der Waals surface area (Å²) in [7, 11) is 0. The lowest BCUT2D eigenvalue weighted by molar-refractivity contribution is 0.0917. The summed E-state index contributed by atoms with van der Waals surface area (Å²) in [5, 5.41) is 5.81. The molecule has 1 amide bonds. The summed E-state index contributed by atoms with van der Waals surface area (Å²) in [6.45, 7) is 6.40. The first-order valence-corrected chi connectivity index (χ1v) is 6.19. The van der Waals surface area contributed by atoms with Gasteiger partial charge in [0.25, 0.3) is 5.91 Å². The number of carbonyl (C=O) groups excluding carboxylic acids is 1. The van der Waals surface area contributed by atoms with Gasteiger partial charge in [-0.05, 0) is 13.3 Å². The van der Waals surface area contributed by atoms with Crippen molar-refractivity contribution >= 4 is 11.7 Å². The Morgan fingerprint density at radius 3 is 2.89 bits per heavy atom. The summed E-state index contributed by atoms with van der Waals surface area (Å²) in [4.78, 5) is 19.9. The van der Waals surface area contributed by atoms with Crippen LogP contribution in [0.15, 0.2) is 12.4 Å². The van der Waals surface area contributed by atoms with Crippen molar-refractivity contribution in [3.05, 3.63) is 18.1 Å². The predicted octanol–water partition coefficient (Wildman–Crippen LogP) is 1.06. The van der Waals surface area contributed by atoms with Crippen LogP contribution in [0.2, 0.25) is 0 Å². The number of rotatable bonds is 8. The number of aromatic nitrogens is 2. The second kappa shape index (κ2) is 8.41. The molecule has 18 heavy (non-hydrogen) atoms. The number of nitrogens with zero attached hydrogens (tertiary/aromatic N) is 2. The van der Waals surface area contributed by atoms with Gasteiger partial charge >= 0.3 is 0 Å². The molecule has 1 aromatic rings. The van der Waals surface area contributed by atoms with E-state index in [1.54, 1.807) is 6.20 Å². The minimum absolute atomic E-state index is 0.234. The third kappa shape index (κ3) is 5.09. The summed E-state index contributed by atoms with van der Waals surface area (Å²) >= 11 is 0. The summed E-state index contributed by atoms with van der Waals surface area (Å²) in [5.41, 5.74) is 0.313. The zero-order valence-electron chi connectivity index (χ0n) is 10.9. The van der Waals surface area contributed by atoms with Gasteiger partial charge in [0.05, 0.1) is 19.0 Å². The Morgan fingerprint density at radius 1 is 1.33 bits per heavy atom. The lowest BCUT2D eigenvalue weighted by atomic mass is 10.4. The van der Waals surface area contributed by atoms with E-state index in [9.17, 15) is 4.79 Å². The predicted molar refractivity (Wildman–Crippen MR) is 69.6 cm³/mol. The highest BCUT2D eigenvalue weighted by atomic mass is 16.5. The van der Waals surface area contributed by atoms with Crippen molar-refractivity contribution in [1.82, 2.24) is 15.3 Å². The van der Waals surface area contributed by atoms with Crippen molar-refractivity contribution in [3.63, 3.8) is 0 Å². The van der Waals surface area contributed by atoms with Crippen molar-refractivity contribution in [2.45, 2.75) is 20.3 Å². The molecule has 0 spiro atoms. The van der Waals surface area contributed by atoms with Gasteiger partial charge in [-0.1, -0.05) is 6.92 Å². The average molecular weight is 252 g/mol. The number of nitrogens with one attached hydrogen (secondary N) is 2. The fourth-order valence-electron chi connectivity index (χ4n) is 1.29. The second-order valence-corrected chi connectivity index (χ2v) is 3.67. The monoisotopic (exact) mass is 252 g/mol. The molecule has 2 N–H and O–H groups in total. The van der Waals surface area contributed by atoms with Gasteiger partial charge in [0.15, 0.2) is 0 Å². The highest BCUT2D eigenvalue weighted by Gasteiger charge is 2.07. The molecule has 0 radical (unpaired) electrons. The van der Waals surface area contributed by atoms with Crippen LogP contribution in [0.1, 0.15) is 30.8 Å². The molecule has 100 valence electrons. The SMILES string of the molecule is CCCNc1cncc(C(=O)NCCOCC)n1. The molecule has 0 saturated heterocycles. The Bertz CT molecular complexity index is 371. The molecule has 0 atom stereocenters. The molecule has 0 aliphatic heterocycles. The molecule has 6 nitrogen and oxygen atoms in total. The first kappa shape index (κ1) is 14.4. The van der Waals surface area contributed by atoms with Crippen LogP contribution in [0, 0.1) is 0 Å². The zero-order valence-corrected chi connectivity index (χ0v) is 10.9. The largest absolute Gasteiger partial charge is 0.380 e. The van der Waals surface area contributed by atoms with Crippen LogP contribution < -0.4 is 10.6 Å². The lowest BCUT2D eigenvalue weighted by Gasteiger charge is -2.06. The van der Waals surface area contributed by atoms with Crippen LogP contribution >= 0.6 is 0 Å². The van der Waals surface area contributed by atoms with Crippen molar-refractivity contribution < 1.29 is 9.53 Å². The normalized spacial score (nSPS) is 10.1. The first-order valence-electron chi connectivity index (χ1n) is 6.19. The lowest BCUT2D eigenvalue weighted by Crippen LogP contribution is -2.28. The molecule has 0 aliphatic carbocycles. The Morgan fingerprint density at radius 2 is 2.17 bits per heavy atom. The van der Waals surface area contributed by atoms with E-state index in [1.165, 1.54) is 6.20 Å². The maximum Gasteiger partial charge on any atom is 0.271 e. The van der Waals surface area contributed by atoms with Gasteiger partial charge < -0.3 is 15.4 Å². The zero-order chi connectivity index (χ0) is 13.2. The van der Waals surface area contributed by atoms with Gasteiger partial charge in [-0.15, -0.1) is 0 Å². The highest BCUT2D eigenvalue weighted by molar-refractivity contribution is 5.92. The molecule has 0 aromatic carbocycles. The van der Waals surface area contributed by atoms with Gasteiger partial charge in [-0.2, -0.15) is 0 Å². The maximum absolute atomic E-state index is 11.7. The number of hydrogen-bond acceptors (Lipinski definition) is 5. The molecule has 0 bridgehead atoms. The van der Waals surface area contributed by atoms with Crippen LogP contribution in [0.3, 0.4) is 0 Å². The third-order valence-electron chi connectivity index (χ3n) is 2.16. The van der Waals surface area contributed by atoms with E-state index in [1.807, 2.05) is 6.92 Å².